The van der Waals surface area contributed by atoms with Gasteiger partial charge in [0.1, 0.15) is 6.61 Å². The quantitative estimate of drug-likeness (QED) is 0.314. The summed E-state index contributed by atoms with van der Waals surface area (Å²) in [6.45, 7) is 6.21. The van der Waals surface area contributed by atoms with E-state index >= 15 is 0 Å². The van der Waals surface area contributed by atoms with Crippen LogP contribution < -0.4 is 11.3 Å². The molecule has 1 rings (SSSR count). The maximum absolute atomic E-state index is 11.9. The third-order valence-electron chi connectivity index (χ3n) is 3.43. The molecule has 0 radical (unpaired) electrons. The molecule has 1 aliphatic heterocycles. The molecular weight excluding hydrogens is 246 g/mol. The van der Waals surface area contributed by atoms with E-state index in [0.717, 1.165) is 6.42 Å². The van der Waals surface area contributed by atoms with E-state index in [2.05, 4.69) is 19.3 Å². The normalized spacial score (nSPS) is 16.7. The number of carbonyl (C=O) groups is 2. The van der Waals surface area contributed by atoms with E-state index < -0.39 is 0 Å². The highest BCUT2D eigenvalue weighted by atomic mass is 16.5. The number of hydrogen-bond acceptors (Lipinski definition) is 4. The molecule has 0 bridgehead atoms. The number of ether oxygens (including phenoxy) is 1. The number of piperidine rings is 1. The molecule has 19 heavy (non-hydrogen) atoms. The summed E-state index contributed by atoms with van der Waals surface area (Å²) in [4.78, 5) is 25.0. The van der Waals surface area contributed by atoms with Gasteiger partial charge in [-0.05, 0) is 25.2 Å². The molecule has 0 saturated carbocycles. The average Bonchev–Trinajstić information content (AvgIpc) is 2.42. The highest BCUT2D eigenvalue weighted by Crippen LogP contribution is 2.17. The van der Waals surface area contributed by atoms with Crippen LogP contribution in [-0.2, 0) is 14.3 Å². The zero-order chi connectivity index (χ0) is 14.3. The van der Waals surface area contributed by atoms with Crippen LogP contribution in [0.4, 0.5) is 0 Å². The monoisotopic (exact) mass is 271 g/mol. The van der Waals surface area contributed by atoms with Gasteiger partial charge in [0.2, 0.25) is 11.8 Å². The maximum atomic E-state index is 11.9. The largest absolute Gasteiger partial charge is 0.372 e. The first kappa shape index (κ1) is 15.9. The van der Waals surface area contributed by atoms with Gasteiger partial charge in [0.25, 0.3) is 0 Å². The van der Waals surface area contributed by atoms with Crippen molar-refractivity contribution in [2.75, 3.05) is 26.3 Å². The maximum Gasteiger partial charge on any atom is 0.248 e. The van der Waals surface area contributed by atoms with E-state index in [1.165, 1.54) is 0 Å². The predicted octanol–water partition coefficient (Wildman–Crippen LogP) is 0.278. The van der Waals surface area contributed by atoms with Gasteiger partial charge in [-0.1, -0.05) is 13.8 Å². The molecule has 0 spiro atoms. The van der Waals surface area contributed by atoms with Crippen LogP contribution in [0.1, 0.15) is 33.1 Å². The fraction of sp³-hybridized carbons (Fsp3) is 0.846. The van der Waals surface area contributed by atoms with Crippen molar-refractivity contribution in [3.05, 3.63) is 0 Å². The number of carbonyl (C=O) groups excluding carboxylic acids is 2. The van der Waals surface area contributed by atoms with E-state index in [1.807, 2.05) is 0 Å². The molecule has 2 amide bonds. The van der Waals surface area contributed by atoms with E-state index in [-0.39, 0.29) is 24.3 Å². The van der Waals surface area contributed by atoms with Crippen LogP contribution in [0.2, 0.25) is 0 Å². The van der Waals surface area contributed by atoms with Gasteiger partial charge in [-0.3, -0.25) is 15.0 Å². The molecule has 0 unspecified atom stereocenters. The Bertz CT molecular complexity index is 300. The Morgan fingerprint density at radius 2 is 2.00 bits per heavy atom. The predicted molar refractivity (Wildman–Crippen MR) is 71.9 cm³/mol. The standard InChI is InChI=1S/C13H25N3O3/c1-10(2)5-8-19-9-12(17)16-6-3-11(4-7-16)13(18)15-14/h10-11H,3-9,14H2,1-2H3,(H,15,18). The second kappa shape index (κ2) is 8.12. The highest BCUT2D eigenvalue weighted by molar-refractivity contribution is 5.80. The molecule has 1 aliphatic rings. The van der Waals surface area contributed by atoms with Crippen molar-refractivity contribution in [2.45, 2.75) is 33.1 Å². The number of amides is 2. The summed E-state index contributed by atoms with van der Waals surface area (Å²) < 4.78 is 5.36. The van der Waals surface area contributed by atoms with Gasteiger partial charge in [-0.15, -0.1) is 0 Å². The summed E-state index contributed by atoms with van der Waals surface area (Å²) >= 11 is 0. The van der Waals surface area contributed by atoms with Gasteiger partial charge >= 0.3 is 0 Å². The SMILES string of the molecule is CC(C)CCOCC(=O)N1CCC(C(=O)NN)CC1. The number of rotatable bonds is 6. The van der Waals surface area contributed by atoms with Crippen molar-refractivity contribution >= 4 is 11.8 Å². The number of nitrogens with one attached hydrogen (secondary N) is 1. The summed E-state index contributed by atoms with van der Waals surface area (Å²) in [5, 5.41) is 0. The number of hydrazine groups is 1. The Balaban J connectivity index is 2.20. The van der Waals surface area contributed by atoms with E-state index in [1.54, 1.807) is 4.90 Å². The summed E-state index contributed by atoms with van der Waals surface area (Å²) in [6.07, 6.45) is 2.30. The van der Waals surface area contributed by atoms with Gasteiger partial charge in [0, 0.05) is 25.6 Å². The van der Waals surface area contributed by atoms with E-state index in [9.17, 15) is 9.59 Å². The minimum atomic E-state index is -0.139. The summed E-state index contributed by atoms with van der Waals surface area (Å²) in [5.74, 6) is 5.48. The van der Waals surface area contributed by atoms with Crippen molar-refractivity contribution in [3.63, 3.8) is 0 Å². The molecular formula is C13H25N3O3. The van der Waals surface area contributed by atoms with Crippen LogP contribution in [0.15, 0.2) is 0 Å². The lowest BCUT2D eigenvalue weighted by molar-refractivity contribution is -0.139. The number of nitrogens with zero attached hydrogens (tertiary/aromatic N) is 1. The molecule has 110 valence electrons. The fourth-order valence-electron chi connectivity index (χ4n) is 2.08. The van der Waals surface area contributed by atoms with Crippen LogP contribution in [0.3, 0.4) is 0 Å². The first-order chi connectivity index (χ1) is 9.04. The molecule has 6 nitrogen and oxygen atoms in total. The Morgan fingerprint density at radius 3 is 2.53 bits per heavy atom. The van der Waals surface area contributed by atoms with Crippen LogP contribution in [0.5, 0.6) is 0 Å². The van der Waals surface area contributed by atoms with E-state index in [0.29, 0.717) is 38.5 Å². The zero-order valence-electron chi connectivity index (χ0n) is 11.9. The van der Waals surface area contributed by atoms with Crippen molar-refractivity contribution in [1.82, 2.24) is 10.3 Å². The zero-order valence-corrected chi connectivity index (χ0v) is 11.9. The van der Waals surface area contributed by atoms with Gasteiger partial charge < -0.3 is 9.64 Å². The Morgan fingerprint density at radius 1 is 1.37 bits per heavy atom. The van der Waals surface area contributed by atoms with Gasteiger partial charge in [-0.25, -0.2) is 5.84 Å². The first-order valence-corrected chi connectivity index (χ1v) is 6.90. The lowest BCUT2D eigenvalue weighted by atomic mass is 9.96. The number of nitrogens with two attached hydrogens (primary N) is 1. The smallest absolute Gasteiger partial charge is 0.248 e. The van der Waals surface area contributed by atoms with Crippen LogP contribution >= 0.6 is 0 Å². The minimum absolute atomic E-state index is 0.00960. The number of hydrogen-bond donors (Lipinski definition) is 2. The Hall–Kier alpha value is -1.14. The molecule has 0 aromatic heterocycles. The van der Waals surface area contributed by atoms with Crippen molar-refractivity contribution in [3.8, 4) is 0 Å². The highest BCUT2D eigenvalue weighted by Gasteiger charge is 2.26. The van der Waals surface area contributed by atoms with Crippen LogP contribution in [-0.4, -0.2) is 43.0 Å². The van der Waals surface area contributed by atoms with Crippen LogP contribution in [0.25, 0.3) is 0 Å². The topological polar surface area (TPSA) is 84.7 Å². The minimum Gasteiger partial charge on any atom is -0.372 e. The second-order valence-electron chi connectivity index (χ2n) is 5.40. The van der Waals surface area contributed by atoms with Crippen LogP contribution in [0, 0.1) is 11.8 Å². The van der Waals surface area contributed by atoms with Gasteiger partial charge in [-0.2, -0.15) is 0 Å². The molecule has 0 aromatic carbocycles. The molecule has 1 saturated heterocycles. The molecule has 3 N–H and O–H groups in total. The summed E-state index contributed by atoms with van der Waals surface area (Å²) in [5.41, 5.74) is 2.16. The molecule has 6 heteroatoms. The molecule has 0 aliphatic carbocycles. The van der Waals surface area contributed by atoms with Gasteiger partial charge in [0.05, 0.1) is 0 Å². The lowest BCUT2D eigenvalue weighted by Gasteiger charge is -2.31. The third-order valence-corrected chi connectivity index (χ3v) is 3.43. The molecule has 1 fully saturated rings. The fourth-order valence-corrected chi connectivity index (χ4v) is 2.08. The molecule has 0 atom stereocenters. The summed E-state index contributed by atoms with van der Waals surface area (Å²) in [7, 11) is 0. The third kappa shape index (κ3) is 5.57. The van der Waals surface area contributed by atoms with Crippen molar-refractivity contribution in [2.24, 2.45) is 17.7 Å². The Labute approximate surface area is 114 Å². The summed E-state index contributed by atoms with van der Waals surface area (Å²) in [6, 6.07) is 0. The average molecular weight is 271 g/mol. The van der Waals surface area contributed by atoms with E-state index in [4.69, 9.17) is 10.6 Å². The van der Waals surface area contributed by atoms with Gasteiger partial charge in [0.15, 0.2) is 0 Å². The molecule has 0 aromatic rings. The lowest BCUT2D eigenvalue weighted by Crippen LogP contribution is -2.45. The first-order valence-electron chi connectivity index (χ1n) is 6.90. The van der Waals surface area contributed by atoms with Crippen molar-refractivity contribution in [1.29, 1.82) is 0 Å². The van der Waals surface area contributed by atoms with Crippen molar-refractivity contribution < 1.29 is 14.3 Å². The second-order valence-corrected chi connectivity index (χ2v) is 5.40. The number of likely N-dealkylation sites (tertiary alicyclic amines) is 1. The Kier molecular flexibility index (Phi) is 6.80. The molecule has 1 heterocycles.